The van der Waals surface area contributed by atoms with Gasteiger partial charge in [-0.1, -0.05) is 39.5 Å². The Bertz CT molecular complexity index is 363. The van der Waals surface area contributed by atoms with Gasteiger partial charge in [0.15, 0.2) is 0 Å². The molecule has 0 aliphatic heterocycles. The lowest BCUT2D eigenvalue weighted by atomic mass is 10.1. The van der Waals surface area contributed by atoms with Crippen LogP contribution in [-0.4, -0.2) is 4.75 Å². The average molecular weight is 323 g/mol. The van der Waals surface area contributed by atoms with Crippen molar-refractivity contribution in [1.82, 2.24) is 4.72 Å². The first-order chi connectivity index (χ1) is 7.29. The highest BCUT2D eigenvalue weighted by molar-refractivity contribution is 9.10. The van der Waals surface area contributed by atoms with Gasteiger partial charge in [0.25, 0.3) is 0 Å². The van der Waals surface area contributed by atoms with Gasteiger partial charge in [-0.15, -0.1) is 0 Å². The highest BCUT2D eigenvalue weighted by atomic mass is 79.9. The van der Waals surface area contributed by atoms with Crippen molar-refractivity contribution in [3.05, 3.63) is 33.3 Å². The molecule has 4 heteroatoms. The molecule has 1 rings (SSSR count). The van der Waals surface area contributed by atoms with Crippen LogP contribution in [0.5, 0.6) is 0 Å². The molecule has 0 spiro atoms. The lowest BCUT2D eigenvalue weighted by Crippen LogP contribution is -2.20. The van der Waals surface area contributed by atoms with Crippen LogP contribution in [0.25, 0.3) is 0 Å². The molecule has 0 aliphatic rings. The normalized spacial score (nSPS) is 13.9. The Hall–Kier alpha value is 0.300. The predicted molar refractivity (Wildman–Crippen MR) is 78.0 cm³/mol. The Morgan fingerprint density at radius 3 is 2.56 bits per heavy atom. The molecule has 0 saturated carbocycles. The molecular weight excluding hydrogens is 306 g/mol. The number of hydrogen-bond acceptors (Lipinski definition) is 2. The van der Waals surface area contributed by atoms with E-state index in [1.165, 1.54) is 5.56 Å². The van der Waals surface area contributed by atoms with Gasteiger partial charge in [-0.25, -0.2) is 0 Å². The maximum atomic E-state index is 6.00. The maximum Gasteiger partial charge on any atom is 0.0410 e. The molecule has 90 valence electrons. The van der Waals surface area contributed by atoms with E-state index < -0.39 is 0 Å². The van der Waals surface area contributed by atoms with Crippen LogP contribution in [0.2, 0.25) is 5.02 Å². The zero-order valence-electron chi connectivity index (χ0n) is 9.97. The van der Waals surface area contributed by atoms with Gasteiger partial charge in [-0.3, -0.25) is 4.72 Å². The Balaban J connectivity index is 2.73. The number of hydrogen-bond donors (Lipinski definition) is 1. The van der Waals surface area contributed by atoms with E-state index in [9.17, 15) is 0 Å². The summed E-state index contributed by atoms with van der Waals surface area (Å²) in [4.78, 5) is 0. The molecule has 16 heavy (non-hydrogen) atoms. The fraction of sp³-hybridized carbons (Fsp3) is 0.500. The fourth-order valence-corrected chi connectivity index (χ4v) is 2.60. The van der Waals surface area contributed by atoms with Gasteiger partial charge >= 0.3 is 0 Å². The quantitative estimate of drug-likeness (QED) is 0.768. The largest absolute Gasteiger partial charge is 0.256 e. The minimum atomic E-state index is 0.208. The summed E-state index contributed by atoms with van der Waals surface area (Å²) in [6.07, 6.45) is 0. The van der Waals surface area contributed by atoms with E-state index in [4.69, 9.17) is 11.6 Å². The van der Waals surface area contributed by atoms with E-state index in [2.05, 4.69) is 48.3 Å². The molecule has 1 N–H and O–H groups in total. The highest BCUT2D eigenvalue weighted by Crippen LogP contribution is 2.30. The summed E-state index contributed by atoms with van der Waals surface area (Å²) >= 11 is 11.3. The van der Waals surface area contributed by atoms with Crippen molar-refractivity contribution in [2.75, 3.05) is 0 Å². The molecule has 0 fully saturated rings. The molecular formula is C12H17BrClNS. The number of benzene rings is 1. The summed E-state index contributed by atoms with van der Waals surface area (Å²) < 4.78 is 4.73. The molecule has 0 heterocycles. The van der Waals surface area contributed by atoms with E-state index in [1.54, 1.807) is 11.9 Å². The highest BCUT2D eigenvalue weighted by Gasteiger charge is 2.15. The van der Waals surface area contributed by atoms with Crippen molar-refractivity contribution in [3.8, 4) is 0 Å². The lowest BCUT2D eigenvalue weighted by Gasteiger charge is -2.22. The van der Waals surface area contributed by atoms with E-state index in [1.807, 2.05) is 18.2 Å². The van der Waals surface area contributed by atoms with Crippen molar-refractivity contribution in [2.24, 2.45) is 0 Å². The summed E-state index contributed by atoms with van der Waals surface area (Å²) in [5, 5.41) is 0.771. The third-order valence-corrected chi connectivity index (χ3v) is 4.01. The van der Waals surface area contributed by atoms with E-state index in [0.29, 0.717) is 0 Å². The smallest absolute Gasteiger partial charge is 0.0410 e. The molecule has 0 aliphatic carbocycles. The second-order valence-electron chi connectivity index (χ2n) is 4.72. The van der Waals surface area contributed by atoms with Crippen LogP contribution in [0.1, 0.15) is 39.3 Å². The van der Waals surface area contributed by atoms with Crippen LogP contribution in [0, 0.1) is 0 Å². The summed E-state index contributed by atoms with van der Waals surface area (Å²) in [7, 11) is 0. The molecule has 0 bridgehead atoms. The van der Waals surface area contributed by atoms with Crippen molar-refractivity contribution >= 4 is 39.5 Å². The summed E-state index contributed by atoms with van der Waals surface area (Å²) in [5.74, 6) is 0. The van der Waals surface area contributed by atoms with Crippen LogP contribution >= 0.6 is 39.5 Å². The Labute approximate surface area is 116 Å². The second-order valence-corrected chi connectivity index (χ2v) is 7.68. The van der Waals surface area contributed by atoms with Crippen molar-refractivity contribution in [3.63, 3.8) is 0 Å². The minimum Gasteiger partial charge on any atom is -0.256 e. The molecule has 0 amide bonds. The van der Waals surface area contributed by atoms with Gasteiger partial charge in [0.2, 0.25) is 0 Å². The maximum absolute atomic E-state index is 6.00. The molecule has 1 aromatic rings. The Morgan fingerprint density at radius 2 is 2.00 bits per heavy atom. The predicted octanol–water partition coefficient (Wildman–Crippen LogP) is 5.20. The number of nitrogens with one attached hydrogen (secondary N) is 1. The van der Waals surface area contributed by atoms with E-state index in [0.717, 1.165) is 9.50 Å². The average Bonchev–Trinajstić information content (AvgIpc) is 2.17. The van der Waals surface area contributed by atoms with Crippen LogP contribution in [0.3, 0.4) is 0 Å². The minimum absolute atomic E-state index is 0.208. The van der Waals surface area contributed by atoms with Gasteiger partial charge in [-0.2, -0.15) is 0 Å². The van der Waals surface area contributed by atoms with Crippen molar-refractivity contribution < 1.29 is 0 Å². The third kappa shape index (κ3) is 4.66. The lowest BCUT2D eigenvalue weighted by molar-refractivity contribution is 0.721. The topological polar surface area (TPSA) is 12.0 Å². The molecule has 1 nitrogen and oxygen atoms in total. The van der Waals surface area contributed by atoms with Gasteiger partial charge < -0.3 is 0 Å². The van der Waals surface area contributed by atoms with E-state index >= 15 is 0 Å². The Kier molecular flexibility index (Phi) is 5.17. The monoisotopic (exact) mass is 321 g/mol. The van der Waals surface area contributed by atoms with Crippen molar-refractivity contribution in [2.45, 2.75) is 38.5 Å². The summed E-state index contributed by atoms with van der Waals surface area (Å²) in [6, 6.07) is 6.13. The zero-order chi connectivity index (χ0) is 12.3. The van der Waals surface area contributed by atoms with Crippen molar-refractivity contribution in [1.29, 1.82) is 0 Å². The molecule has 0 unspecified atom stereocenters. The van der Waals surface area contributed by atoms with Gasteiger partial charge in [0, 0.05) is 20.3 Å². The van der Waals surface area contributed by atoms with Gasteiger partial charge in [0.05, 0.1) is 0 Å². The first kappa shape index (κ1) is 14.4. The molecule has 1 atom stereocenters. The van der Waals surface area contributed by atoms with Crippen LogP contribution < -0.4 is 4.72 Å². The van der Waals surface area contributed by atoms with Gasteiger partial charge in [-0.05, 0) is 51.5 Å². The van der Waals surface area contributed by atoms with E-state index in [-0.39, 0.29) is 10.8 Å². The second kappa shape index (κ2) is 5.76. The summed E-state index contributed by atoms with van der Waals surface area (Å²) in [6.45, 7) is 8.69. The standard InChI is InChI=1S/C12H17BrClNS/c1-8(15-16-12(2,3)4)10-7-9(14)5-6-11(10)13/h5-8,15H,1-4H3/t8-/m1/s1. The SMILES string of the molecule is C[C@@H](NSC(C)(C)C)c1cc(Cl)ccc1Br. The number of rotatable bonds is 3. The molecule has 0 saturated heterocycles. The van der Waals surface area contributed by atoms with Gasteiger partial charge in [0.1, 0.15) is 0 Å². The fourth-order valence-electron chi connectivity index (χ4n) is 1.18. The first-order valence-corrected chi connectivity index (χ1v) is 7.17. The molecule has 1 aromatic carbocycles. The van der Waals surface area contributed by atoms with Crippen LogP contribution in [0.15, 0.2) is 22.7 Å². The third-order valence-electron chi connectivity index (χ3n) is 1.97. The number of halogens is 2. The summed E-state index contributed by atoms with van der Waals surface area (Å²) in [5.41, 5.74) is 1.18. The Morgan fingerprint density at radius 1 is 1.38 bits per heavy atom. The molecule has 0 aromatic heterocycles. The first-order valence-electron chi connectivity index (χ1n) is 5.18. The van der Waals surface area contributed by atoms with Crippen LogP contribution in [-0.2, 0) is 0 Å². The van der Waals surface area contributed by atoms with Crippen LogP contribution in [0.4, 0.5) is 0 Å². The zero-order valence-corrected chi connectivity index (χ0v) is 13.1. The molecule has 0 radical (unpaired) electrons.